The molecular formula is C31H33ClN2O2RuS. The number of hydrogen-bond donors (Lipinski definition) is 0. The number of nitrogens with zero attached hydrogens (tertiary/aromatic N) is 2. The van der Waals surface area contributed by atoms with Crippen molar-refractivity contribution in [2.75, 3.05) is 6.54 Å². The maximum absolute atomic E-state index is 13.4. The van der Waals surface area contributed by atoms with Crippen LogP contribution in [0.1, 0.15) is 40.8 Å². The van der Waals surface area contributed by atoms with E-state index in [4.69, 9.17) is 5.32 Å². The summed E-state index contributed by atoms with van der Waals surface area (Å²) in [4.78, 5) is 0.194. The molecule has 0 aliphatic rings. The van der Waals surface area contributed by atoms with Crippen LogP contribution in [-0.4, -0.2) is 15.0 Å². The summed E-state index contributed by atoms with van der Waals surface area (Å²) < 4.78 is 31.2. The molecule has 0 amide bonds. The Labute approximate surface area is 242 Å². The zero-order valence-electron chi connectivity index (χ0n) is 21.6. The zero-order chi connectivity index (χ0) is 26.5. The zero-order valence-corrected chi connectivity index (χ0v) is 24.9. The van der Waals surface area contributed by atoms with E-state index in [0.29, 0.717) is 6.54 Å². The summed E-state index contributed by atoms with van der Waals surface area (Å²) in [5, 5.41) is 5.02. The number of halogens is 1. The van der Waals surface area contributed by atoms with E-state index in [9.17, 15) is 8.42 Å². The van der Waals surface area contributed by atoms with Crippen LogP contribution in [-0.2, 0) is 33.8 Å². The molecule has 7 heteroatoms. The number of benzene rings is 4. The fourth-order valence-electron chi connectivity index (χ4n) is 4.07. The van der Waals surface area contributed by atoms with Gasteiger partial charge in [0.25, 0.3) is 0 Å². The van der Waals surface area contributed by atoms with Gasteiger partial charge in [-0.05, 0) is 31.0 Å². The molecule has 0 fully saturated rings. The molecule has 0 saturated carbocycles. The fraction of sp³-hybridized carbons (Fsp3) is 0.194. The topological polar surface area (TPSA) is 62.3 Å². The summed E-state index contributed by atoms with van der Waals surface area (Å²) in [6.45, 7) is 2.54. The predicted octanol–water partition coefficient (Wildman–Crippen LogP) is 8.68. The van der Waals surface area contributed by atoms with Gasteiger partial charge in [0.05, 0.1) is 0 Å². The van der Waals surface area contributed by atoms with Crippen LogP contribution in [0.15, 0.2) is 120 Å². The van der Waals surface area contributed by atoms with Gasteiger partial charge in [0.15, 0.2) is 0 Å². The number of sulfonamides is 1. The minimum absolute atomic E-state index is 0. The molecule has 0 N–H and O–H groups in total. The van der Waals surface area contributed by atoms with E-state index in [2.05, 4.69) is 26.5 Å². The monoisotopic (exact) mass is 634 g/mol. The van der Waals surface area contributed by atoms with E-state index in [-0.39, 0.29) is 12.3 Å². The Kier molecular flexibility index (Phi) is 13.9. The fourth-order valence-corrected chi connectivity index (χ4v) is 5.21. The van der Waals surface area contributed by atoms with Crippen LogP contribution < -0.4 is 0 Å². The molecule has 0 spiro atoms. The Bertz CT molecular complexity index is 1290. The molecule has 0 saturated heterocycles. The van der Waals surface area contributed by atoms with Crippen LogP contribution in [0.5, 0.6) is 0 Å². The van der Waals surface area contributed by atoms with Crippen molar-refractivity contribution >= 4 is 19.7 Å². The molecule has 1 unspecified atom stereocenters. The van der Waals surface area contributed by atoms with E-state index in [0.717, 1.165) is 29.5 Å². The van der Waals surface area contributed by atoms with Crippen LogP contribution >= 0.6 is 9.69 Å². The van der Waals surface area contributed by atoms with Gasteiger partial charge in [0.2, 0.25) is 0 Å². The Hall–Kier alpha value is -2.34. The molecule has 4 rings (SSSR count). The molecule has 4 nitrogen and oxygen atoms in total. The molecule has 38 heavy (non-hydrogen) atoms. The molecule has 4 aromatic rings. The van der Waals surface area contributed by atoms with Gasteiger partial charge in [-0.3, -0.25) is 0 Å². The van der Waals surface area contributed by atoms with Gasteiger partial charge in [0, 0.05) is 4.90 Å². The predicted molar refractivity (Wildman–Crippen MR) is 155 cm³/mol. The molecule has 200 valence electrons. The SMILES string of the molecule is Cc1ccc(S(=O)(=O)[N-][C@H](c2ccccc2)C([N-]CCCc2ccccc2)c2ccccc2)cc1.[CH3-].[Cl][Ru+3]. The van der Waals surface area contributed by atoms with Gasteiger partial charge < -0.3 is 17.5 Å². The van der Waals surface area contributed by atoms with Crippen molar-refractivity contribution < 1.29 is 25.7 Å². The van der Waals surface area contributed by atoms with E-state index < -0.39 is 22.1 Å². The number of rotatable bonds is 11. The van der Waals surface area contributed by atoms with E-state index in [1.165, 1.54) is 5.56 Å². The number of aryl methyl sites for hydroxylation is 2. The summed E-state index contributed by atoms with van der Waals surface area (Å²) in [5.74, 6) is 0. The van der Waals surface area contributed by atoms with Crippen molar-refractivity contribution in [3.63, 3.8) is 0 Å². The molecule has 0 heterocycles. The Balaban J connectivity index is 0.00000165. The van der Waals surface area contributed by atoms with Crippen molar-refractivity contribution in [3.05, 3.63) is 155 Å². The van der Waals surface area contributed by atoms with Crippen molar-refractivity contribution in [2.45, 2.75) is 36.7 Å². The van der Waals surface area contributed by atoms with Crippen molar-refractivity contribution in [1.29, 1.82) is 0 Å². The van der Waals surface area contributed by atoms with Gasteiger partial charge >= 0.3 is 27.0 Å². The second kappa shape index (κ2) is 16.6. The van der Waals surface area contributed by atoms with Gasteiger partial charge in [-0.2, -0.15) is 0 Å². The molecular weight excluding hydrogens is 601 g/mol. The molecule has 0 radical (unpaired) electrons. The summed E-state index contributed by atoms with van der Waals surface area (Å²) >= 11 is 1.82. The van der Waals surface area contributed by atoms with Crippen molar-refractivity contribution in [2.24, 2.45) is 0 Å². The molecule has 0 aromatic heterocycles. The average molecular weight is 634 g/mol. The van der Waals surface area contributed by atoms with Gasteiger partial charge in [-0.25, -0.2) is 8.42 Å². The third-order valence-electron chi connectivity index (χ3n) is 5.94. The summed E-state index contributed by atoms with van der Waals surface area (Å²) in [5.41, 5.74) is 4.04. The second-order valence-corrected chi connectivity index (χ2v) is 10.2. The van der Waals surface area contributed by atoms with Crippen LogP contribution in [0.3, 0.4) is 0 Å². The maximum atomic E-state index is 13.4. The Morgan fingerprint density at radius 3 is 1.71 bits per heavy atom. The van der Waals surface area contributed by atoms with E-state index in [1.54, 1.807) is 24.3 Å². The van der Waals surface area contributed by atoms with Crippen molar-refractivity contribution in [1.82, 2.24) is 0 Å². The van der Waals surface area contributed by atoms with Gasteiger partial charge in [-0.1, -0.05) is 126 Å². The van der Waals surface area contributed by atoms with Gasteiger partial charge in [-0.15, -0.1) is 18.6 Å². The minimum atomic E-state index is -3.89. The second-order valence-electron chi connectivity index (χ2n) is 8.60. The van der Waals surface area contributed by atoms with Crippen LogP contribution in [0, 0.1) is 14.4 Å². The molecule has 0 aliphatic carbocycles. The third-order valence-corrected chi connectivity index (χ3v) is 7.32. The van der Waals surface area contributed by atoms with Gasteiger partial charge in [0.1, 0.15) is 10.0 Å². The van der Waals surface area contributed by atoms with Crippen LogP contribution in [0.4, 0.5) is 0 Å². The summed E-state index contributed by atoms with van der Waals surface area (Å²) in [6, 6.07) is 35.5. The first-order valence-corrected chi connectivity index (χ1v) is 15.7. The summed E-state index contributed by atoms with van der Waals surface area (Å²) in [7, 11) is 0.683. The summed E-state index contributed by atoms with van der Waals surface area (Å²) in [6.07, 6.45) is 1.79. The third kappa shape index (κ3) is 9.45. The first kappa shape index (κ1) is 31.9. The first-order valence-electron chi connectivity index (χ1n) is 12.0. The normalized spacial score (nSPS) is 12.4. The standard InChI is InChI=1S/C30H30N2O2S.CH3.ClH.Ru/c1-24-19-21-28(22-20-24)35(33,34)32-30(27-17-9-4-10-18-27)29(26-15-7-3-8-16-26)31-23-11-14-25-12-5-2-6-13-25;;;/h2-10,12-13,15-22,29-30H,11,14,23H2,1H3;1H3;1H;/q-2;-1;;+4/p-1/t29?,30-;;;/m1.../s1. The van der Waals surface area contributed by atoms with Crippen LogP contribution in [0.2, 0.25) is 0 Å². The van der Waals surface area contributed by atoms with Crippen LogP contribution in [0.25, 0.3) is 10.0 Å². The Morgan fingerprint density at radius 2 is 1.18 bits per heavy atom. The number of hydrogen-bond acceptors (Lipinski definition) is 2. The molecule has 2 atom stereocenters. The van der Waals surface area contributed by atoms with E-state index in [1.807, 2.05) is 103 Å². The quantitative estimate of drug-likeness (QED) is 0.0942. The molecule has 0 aliphatic heterocycles. The van der Waals surface area contributed by atoms with Crippen molar-refractivity contribution in [3.8, 4) is 0 Å². The first-order chi connectivity index (χ1) is 18.0. The molecule has 0 bridgehead atoms. The Morgan fingerprint density at radius 1 is 0.711 bits per heavy atom. The average Bonchev–Trinajstić information content (AvgIpc) is 2.95. The molecule has 4 aromatic carbocycles. The van der Waals surface area contributed by atoms with E-state index >= 15 is 0 Å².